The summed E-state index contributed by atoms with van der Waals surface area (Å²) in [4.78, 5) is 18.1. The van der Waals surface area contributed by atoms with Gasteiger partial charge in [0.05, 0.1) is 17.2 Å². The second-order valence-corrected chi connectivity index (χ2v) is 16.8. The van der Waals surface area contributed by atoms with Crippen LogP contribution >= 0.6 is 11.3 Å². The van der Waals surface area contributed by atoms with Crippen molar-refractivity contribution in [2.75, 3.05) is 0 Å². The fourth-order valence-electron chi connectivity index (χ4n) is 2.54. The Kier molecular flexibility index (Phi) is 8.92. The summed E-state index contributed by atoms with van der Waals surface area (Å²) in [5.74, 6) is 0.121. The number of carbonyl (C=O) groups is 1. The molecule has 2 aromatic rings. The number of thiazole rings is 1. The van der Waals surface area contributed by atoms with Crippen LogP contribution in [0.25, 0.3) is 0 Å². The molecule has 2 rings (SSSR count). The van der Waals surface area contributed by atoms with E-state index in [1.54, 1.807) is 0 Å². The number of rotatable bonds is 10. The lowest BCUT2D eigenvalue weighted by molar-refractivity contribution is 0.0964. The minimum absolute atomic E-state index is 0.0318. The Morgan fingerprint density at radius 1 is 1.23 bits per heavy atom. The molecule has 8 heteroatoms. The van der Waals surface area contributed by atoms with E-state index in [4.69, 9.17) is 4.43 Å². The second kappa shape index (κ2) is 10.6. The van der Waals surface area contributed by atoms with Crippen molar-refractivity contribution in [1.29, 1.82) is 0 Å². The Labute approximate surface area is 194 Å². The normalized spacial score (nSPS) is 14.6. The van der Waals surface area contributed by atoms with Crippen molar-refractivity contribution in [2.24, 2.45) is 5.92 Å². The number of ketones is 1. The minimum Gasteiger partial charge on any atom is -0.411 e. The van der Waals surface area contributed by atoms with Crippen LogP contribution in [0.15, 0.2) is 34.5 Å². The number of Topliss-reactive ketones (excluding diaryl/α,β-unsaturated/α-hetero) is 1. The molecule has 0 aliphatic heterocycles. The van der Waals surface area contributed by atoms with Gasteiger partial charge < -0.3 is 4.43 Å². The van der Waals surface area contributed by atoms with E-state index in [-0.39, 0.29) is 29.2 Å². The molecule has 0 spiro atoms. The van der Waals surface area contributed by atoms with Crippen molar-refractivity contribution < 1.29 is 13.4 Å². The van der Waals surface area contributed by atoms with Gasteiger partial charge in [0.2, 0.25) is 0 Å². The molecule has 0 fully saturated rings. The number of hydrogen-bond donors (Lipinski definition) is 1. The maximum Gasteiger partial charge on any atom is 0.192 e. The predicted octanol–water partition coefficient (Wildman–Crippen LogP) is 5.88. The lowest BCUT2D eigenvalue weighted by atomic mass is 10.00. The predicted molar refractivity (Wildman–Crippen MR) is 132 cm³/mol. The van der Waals surface area contributed by atoms with Gasteiger partial charge in [0.15, 0.2) is 19.1 Å². The van der Waals surface area contributed by atoms with Crippen LogP contribution in [0.2, 0.25) is 18.1 Å². The summed E-state index contributed by atoms with van der Waals surface area (Å²) >= 11 is 1.36. The quantitative estimate of drug-likeness (QED) is 0.340. The highest BCUT2D eigenvalue weighted by Crippen LogP contribution is 2.37. The topological polar surface area (TPSA) is 68.3 Å². The van der Waals surface area contributed by atoms with Crippen LogP contribution in [0.4, 0.5) is 0 Å². The molecular formula is C23H36N2O3S2Si. The molecular weight excluding hydrogens is 444 g/mol. The number of carbonyl (C=O) groups excluding carboxylic acids is 1. The number of benzene rings is 1. The molecule has 2 atom stereocenters. The smallest absolute Gasteiger partial charge is 0.192 e. The Hall–Kier alpha value is -1.19. The van der Waals surface area contributed by atoms with Crippen LogP contribution in [0.1, 0.15) is 62.1 Å². The lowest BCUT2D eigenvalue weighted by Crippen LogP contribution is -2.40. The summed E-state index contributed by atoms with van der Waals surface area (Å²) in [5, 5.41) is 2.52. The van der Waals surface area contributed by atoms with Gasteiger partial charge in [-0.1, -0.05) is 52.3 Å². The molecule has 1 aromatic carbocycles. The monoisotopic (exact) mass is 480 g/mol. The molecule has 0 aliphatic carbocycles. The molecule has 0 saturated carbocycles. The molecule has 1 N–H and O–H groups in total. The maximum atomic E-state index is 12.9. The zero-order valence-electron chi connectivity index (χ0n) is 19.9. The zero-order chi connectivity index (χ0) is 23.4. The van der Waals surface area contributed by atoms with Crippen molar-refractivity contribution in [2.45, 2.75) is 83.6 Å². The van der Waals surface area contributed by atoms with Crippen molar-refractivity contribution in [3.8, 4) is 0 Å². The first-order valence-electron chi connectivity index (χ1n) is 10.7. The summed E-state index contributed by atoms with van der Waals surface area (Å²) in [6, 6.07) is 7.38. The van der Waals surface area contributed by atoms with E-state index >= 15 is 0 Å². The zero-order valence-corrected chi connectivity index (χ0v) is 22.6. The first-order chi connectivity index (χ1) is 14.3. The van der Waals surface area contributed by atoms with E-state index in [1.165, 1.54) is 11.3 Å². The molecule has 0 aliphatic rings. The summed E-state index contributed by atoms with van der Waals surface area (Å²) in [6.07, 6.45) is 0.255. The SMILES string of the molecule is Cc1ccc([S@](=O)N[C@H](CC(=O)c2nc(CO[Si](C)(C)C(C)(C)C)cs2)C(C)C)cc1. The van der Waals surface area contributed by atoms with Crippen molar-refractivity contribution in [3.63, 3.8) is 0 Å². The van der Waals surface area contributed by atoms with Gasteiger partial charge in [-0.15, -0.1) is 11.3 Å². The van der Waals surface area contributed by atoms with Crippen molar-refractivity contribution >= 4 is 36.4 Å². The second-order valence-electron chi connectivity index (χ2n) is 9.87. The number of aryl methyl sites for hydroxylation is 1. The molecule has 172 valence electrons. The van der Waals surface area contributed by atoms with Gasteiger partial charge in [-0.2, -0.15) is 0 Å². The number of aromatic nitrogens is 1. The summed E-state index contributed by atoms with van der Waals surface area (Å²) in [6.45, 7) is 17.5. The fraction of sp³-hybridized carbons (Fsp3) is 0.565. The summed E-state index contributed by atoms with van der Waals surface area (Å²) < 4.78 is 22.1. The van der Waals surface area contributed by atoms with Gasteiger partial charge in [-0.05, 0) is 43.1 Å². The highest BCUT2D eigenvalue weighted by atomic mass is 32.2. The maximum absolute atomic E-state index is 12.9. The first kappa shape index (κ1) is 26.1. The van der Waals surface area contributed by atoms with Gasteiger partial charge >= 0.3 is 0 Å². The Balaban J connectivity index is 2.00. The third-order valence-electron chi connectivity index (χ3n) is 5.88. The Morgan fingerprint density at radius 2 is 1.84 bits per heavy atom. The first-order valence-corrected chi connectivity index (χ1v) is 15.6. The van der Waals surface area contributed by atoms with Crippen LogP contribution in [0.5, 0.6) is 0 Å². The highest BCUT2D eigenvalue weighted by Gasteiger charge is 2.37. The lowest BCUT2D eigenvalue weighted by Gasteiger charge is -2.35. The van der Waals surface area contributed by atoms with Crippen molar-refractivity contribution in [3.05, 3.63) is 45.9 Å². The van der Waals surface area contributed by atoms with E-state index < -0.39 is 19.3 Å². The van der Waals surface area contributed by atoms with Gasteiger partial charge in [0.1, 0.15) is 11.0 Å². The molecule has 1 aromatic heterocycles. The van der Waals surface area contributed by atoms with Gasteiger partial charge in [0, 0.05) is 17.8 Å². The van der Waals surface area contributed by atoms with E-state index in [9.17, 15) is 9.00 Å². The molecule has 0 amide bonds. The van der Waals surface area contributed by atoms with E-state index in [1.807, 2.05) is 50.4 Å². The van der Waals surface area contributed by atoms with E-state index in [0.29, 0.717) is 16.5 Å². The van der Waals surface area contributed by atoms with Crippen LogP contribution in [0.3, 0.4) is 0 Å². The van der Waals surface area contributed by atoms with Crippen LogP contribution in [-0.2, 0) is 22.0 Å². The third-order valence-corrected chi connectivity index (χ3v) is 12.5. The van der Waals surface area contributed by atoms with E-state index in [2.05, 4.69) is 43.6 Å². The molecule has 0 saturated heterocycles. The average Bonchev–Trinajstić information content (AvgIpc) is 3.14. The Bertz CT molecular complexity index is 902. The van der Waals surface area contributed by atoms with Crippen LogP contribution in [-0.4, -0.2) is 29.3 Å². The molecule has 5 nitrogen and oxygen atoms in total. The molecule has 0 bridgehead atoms. The molecule has 0 unspecified atom stereocenters. The third kappa shape index (κ3) is 7.42. The van der Waals surface area contributed by atoms with Gasteiger partial charge in [-0.3, -0.25) is 4.79 Å². The van der Waals surface area contributed by atoms with E-state index in [0.717, 1.165) is 11.3 Å². The fourth-order valence-corrected chi connectivity index (χ4v) is 5.38. The van der Waals surface area contributed by atoms with Gasteiger partial charge in [0.25, 0.3) is 0 Å². The number of hydrogen-bond acceptors (Lipinski definition) is 5. The van der Waals surface area contributed by atoms with Crippen LogP contribution in [0, 0.1) is 12.8 Å². The summed E-state index contributed by atoms with van der Waals surface area (Å²) in [5.41, 5.74) is 1.92. The standard InChI is InChI=1S/C23H36N2O3S2Si/c1-16(2)20(25-30(27)19-11-9-17(3)10-12-19)13-21(26)22-24-18(15-29-22)14-28-31(7,8)23(4,5)6/h9-12,15-16,20,25H,13-14H2,1-8H3/t20-,30+/m1/s1. The molecule has 31 heavy (non-hydrogen) atoms. The minimum atomic E-state index is -1.87. The van der Waals surface area contributed by atoms with Crippen LogP contribution < -0.4 is 4.72 Å². The van der Waals surface area contributed by atoms with Gasteiger partial charge in [-0.25, -0.2) is 13.9 Å². The molecule has 1 heterocycles. The number of nitrogens with zero attached hydrogens (tertiary/aromatic N) is 1. The Morgan fingerprint density at radius 3 is 2.39 bits per heavy atom. The van der Waals surface area contributed by atoms with Crippen molar-refractivity contribution in [1.82, 2.24) is 9.71 Å². The summed E-state index contributed by atoms with van der Waals surface area (Å²) in [7, 11) is -3.23. The number of nitrogens with one attached hydrogen (secondary N) is 1. The largest absolute Gasteiger partial charge is 0.411 e. The average molecular weight is 481 g/mol. The molecule has 0 radical (unpaired) electrons. The highest BCUT2D eigenvalue weighted by molar-refractivity contribution is 7.83.